The zero-order valence-corrected chi connectivity index (χ0v) is 107. The van der Waals surface area contributed by atoms with E-state index in [0.29, 0.717) is 12.8 Å². The molecule has 764 valence electrons. The van der Waals surface area contributed by atoms with Crippen molar-refractivity contribution in [2.75, 3.05) is 39.6 Å². The van der Waals surface area contributed by atoms with Crippen molar-refractivity contribution in [3.05, 3.63) is 0 Å². The molecule has 8 saturated heterocycles. The fourth-order valence-corrected chi connectivity index (χ4v) is 17.4. The van der Waals surface area contributed by atoms with E-state index < -0.39 is 379 Å². The molecule has 8 heterocycles. The van der Waals surface area contributed by atoms with E-state index in [4.69, 9.17) is 81.5 Å². The molecule has 8 fully saturated rings. The van der Waals surface area contributed by atoms with Crippen molar-refractivity contribution in [1.29, 1.82) is 0 Å². The predicted octanol–water partition coefficient (Wildman–Crippen LogP) is -64.1. The summed E-state index contributed by atoms with van der Waals surface area (Å²) in [5.74, 6) is -10.5. The van der Waals surface area contributed by atoms with Gasteiger partial charge in [-0.05, 0) is 25.8 Å². The first-order valence-electron chi connectivity index (χ1n) is 36.2. The Morgan fingerprint density at radius 3 is 0.671 bits per heavy atom. The Labute approximate surface area is 1070 Å². The van der Waals surface area contributed by atoms with Crippen molar-refractivity contribution in [3.63, 3.8) is 0 Å². The third-order valence-corrected chi connectivity index (χ3v) is 23.6. The molecule has 0 amide bonds. The maximum atomic E-state index is 13.1. The van der Waals surface area contributed by atoms with E-state index in [1.807, 2.05) is 0 Å². The number of aliphatic hydroxyl groups excluding tert-OH is 13. The van der Waals surface area contributed by atoms with Crippen LogP contribution in [-0.2, 0) is 195 Å². The van der Waals surface area contributed by atoms with Gasteiger partial charge in [0.15, 0.2) is 91.5 Å². The average Bonchev–Trinajstić information content (AvgIpc) is 0.759. The van der Waals surface area contributed by atoms with Gasteiger partial charge in [-0.3, -0.25) is 16.7 Å². The quantitative estimate of drug-likeness (QED) is 0.0117. The molecule has 0 aromatic heterocycles. The molecular weight excluding hydrogens is 2280 g/mol. The van der Waals surface area contributed by atoms with E-state index >= 15 is 0 Å². The number of rotatable bonds is 44. The third kappa shape index (κ3) is 47.3. The molecule has 19 N–H and O–H groups in total. The molecule has 8 aliphatic heterocycles. The predicted molar refractivity (Wildman–Crippen MR) is 359 cm³/mol. The number of nitrogens with two attached hydrogens (primary N) is 1. The SMILES string of the molecule is NCCCCCO[C@@H]1OC(C(=O)[O-])[C@@H](O[C@H]2O[C@H](COS(=O)(=O)[O-])[C@@H](O[C@@H]3O[C@@H](C(=O)[O-])[C@@H](O[C@H]4O[C@H](COS(=O)(=O)[O-])[C@@H](O[C@@H]5OC(C(=O)[O-])[C@@H](O[C@H]6O[C@H](COS(=O)(=O)[O-])[C@@H](O[C@@H]7O[C@@H](C(=O)[O-])[C@@H](O[C@H]8O[C@H](COS(=O)(=O)[O-])[C@@H](O)[C@H](O)[C@H]8NS(=O)(=O)[O-])[C@H](O)[C@H]7O)[C@H](O)[C@H]6NS(=O)(=O)[O-])[C@H](O)[C@H]5O)[C@H](O)[C@H]4NS(=O)(=O)[O-])[C@H](O)[C@H]3O)[C@H](O)[C@H]2NS(=O)(=O)[O-])[C@H](O)[C@H]1O.[Na+].[Na+].[Na+].[Na+].[Na+].[Na+].[Na+].[Na+].[Na+].[Na+].[Na+].[Na+]. The van der Waals surface area contributed by atoms with Crippen LogP contribution in [0.2, 0.25) is 0 Å². The van der Waals surface area contributed by atoms with Gasteiger partial charge in [-0.2, -0.15) is 0 Å². The van der Waals surface area contributed by atoms with Gasteiger partial charge in [0.05, 0.1) is 50.3 Å². The van der Waals surface area contributed by atoms with Gasteiger partial charge in [0, 0.05) is 6.61 Å². The average molecular weight is 2360 g/mol. The van der Waals surface area contributed by atoms with Gasteiger partial charge in [0.25, 0.3) is 0 Å². The summed E-state index contributed by atoms with van der Waals surface area (Å²) in [6, 6.07) is -11.8. The van der Waals surface area contributed by atoms with Crippen LogP contribution in [0.25, 0.3) is 0 Å². The standard InChI is InChI=1S/C53H89N5O65S8.12Na/c54-4-2-1-3-5-104-50-27(68)23(64)34(38(120-50)42(72)73)117-47-15(56-125(83,84)85)20(61)31(11(110-47)7-106-129(95,96)97)114-52-29(70)25(66)36(40(122-52)44(76)77)119-49-17(58-127(89,90)91)22(63)33(13(112-49)9-108-131(101,102)103)115-53-30(71)26(67)37(41(123-53)45(78)79)118-48-16(57-126(86,87)88)21(62)32(12(111-48)8-107-130(98,99)100)113-51-28(69)24(65)35(39(121-51)43(74)75)116-46-14(55-124(80,81)82)19(60)18(59)10(109-46)6-105-128(92,93)94;;;;;;;;;;;;/h10-41,46-53,55-71H,1-9,54H2,(H,72,73)(H,74,75)(H,76,77)(H,78,79)(H,80,81,82)(H,83,84,85)(H,86,87,88)(H,89,90,91)(H,92,93,94)(H,95,96,97)(H,98,99,100)(H,101,102,103);;;;;;;;;;;;/q;12*+1/p-12/t10-,11-,12-,13-,14-,15-,16-,17-,18-,19-,20-,21-,22-,23-,24-,25-,26-,27-,28-,29-,30-,31-,32-,33-,34+,35+,36+,37+,38?,39-,40-,41?,46-,47-,48-,49-,50-,51-,52-,53-;;;;;;;;;;;;/m1............/s1. The van der Waals surface area contributed by atoms with Crippen molar-refractivity contribution >= 4 is 107 Å². The summed E-state index contributed by atoms with van der Waals surface area (Å²) in [7, 11) is -48.6. The minimum absolute atomic E-state index is 0. The summed E-state index contributed by atoms with van der Waals surface area (Å²) >= 11 is 0. The van der Waals surface area contributed by atoms with E-state index in [-0.39, 0.29) is 374 Å². The first-order chi connectivity index (χ1) is 60.1. The molecule has 0 aromatic carbocycles. The summed E-state index contributed by atoms with van der Waals surface area (Å²) in [4.78, 5) is 51.2. The van der Waals surface area contributed by atoms with Gasteiger partial charge < -0.3 is 224 Å². The van der Waals surface area contributed by atoms with E-state index in [2.05, 4.69) is 16.7 Å². The number of carbonyl (C=O) groups excluding carboxylic acids is 4. The smallest absolute Gasteiger partial charge is 0.735 e. The van der Waals surface area contributed by atoms with Crippen LogP contribution in [-0.4, -0.2) is 479 Å². The zero-order chi connectivity index (χ0) is 98.7. The number of carbonyl (C=O) groups is 4. The molecule has 8 rings (SSSR count). The zero-order valence-electron chi connectivity index (χ0n) is 76.3. The normalized spacial score (nSPS) is 37.6. The summed E-state index contributed by atoms with van der Waals surface area (Å²) in [6.45, 7) is -7.53. The Hall–Kier alpha value is 7.64. The molecule has 90 heteroatoms. The topological polar surface area (TPSA) is 1140 Å². The van der Waals surface area contributed by atoms with Gasteiger partial charge in [0.1, 0.15) is 195 Å². The molecule has 2 unspecified atom stereocenters. The number of hydrogen-bond donors (Lipinski definition) is 18. The van der Waals surface area contributed by atoms with Gasteiger partial charge in [-0.1, -0.05) is 0 Å². The van der Waals surface area contributed by atoms with Crippen LogP contribution in [0.5, 0.6) is 0 Å². The number of aliphatic carboxylic acids is 4. The van der Waals surface area contributed by atoms with Gasteiger partial charge >= 0.3 is 355 Å². The van der Waals surface area contributed by atoms with Gasteiger partial charge in [-0.25, -0.2) is 86.2 Å². The van der Waals surface area contributed by atoms with E-state index in [1.54, 1.807) is 0 Å². The minimum Gasteiger partial charge on any atom is -0.735 e. The fraction of sp³-hybridized carbons (Fsp3) is 0.925. The van der Waals surface area contributed by atoms with Crippen LogP contribution in [0, 0.1) is 0 Å². The fourth-order valence-electron chi connectivity index (χ4n) is 13.9. The monoisotopic (exact) mass is 2350 g/mol. The second-order valence-corrected chi connectivity index (χ2v) is 37.4. The van der Waals surface area contributed by atoms with E-state index in [0.717, 1.165) is 14.2 Å². The number of aliphatic hydroxyl groups is 13. The number of unbranched alkanes of at least 4 members (excludes halogenated alkanes) is 2. The van der Waals surface area contributed by atoms with Crippen LogP contribution in [0.1, 0.15) is 19.3 Å². The molecule has 0 saturated carbocycles. The molecule has 0 bridgehead atoms. The van der Waals surface area contributed by atoms with E-state index in [1.165, 1.54) is 4.72 Å². The third-order valence-electron chi connectivity index (χ3n) is 19.6. The first kappa shape index (κ1) is 159. The number of hydrogen-bond acceptors (Lipinski definition) is 66. The van der Waals surface area contributed by atoms with Gasteiger partial charge in [0.2, 0.25) is 41.6 Å². The summed E-state index contributed by atoms with van der Waals surface area (Å²) in [6.07, 6.45) is -105. The second kappa shape index (κ2) is 67.9. The molecule has 8 aliphatic rings. The molecule has 0 spiro atoms. The molecule has 0 aliphatic carbocycles. The van der Waals surface area contributed by atoms with Crippen molar-refractivity contribution in [3.8, 4) is 0 Å². The maximum Gasteiger partial charge on any atom is 1.00 e. The number of carboxylic acids is 4. The Bertz CT molecular complexity index is 4900. The molecule has 0 aromatic rings. The van der Waals surface area contributed by atoms with E-state index in [9.17, 15) is 210 Å². The van der Waals surface area contributed by atoms with Crippen LogP contribution in [0.15, 0.2) is 0 Å². The molecule has 0 radical (unpaired) electrons. The molecule has 70 nitrogen and oxygen atoms in total. The van der Waals surface area contributed by atoms with Crippen LogP contribution < -0.4 is 400 Å². The number of ether oxygens (including phenoxy) is 16. The Balaban J connectivity index is -0.00000529. The second-order valence-electron chi connectivity index (χ2n) is 28.6. The Kier molecular flexibility index (Phi) is 75.5. The van der Waals surface area contributed by atoms with Crippen LogP contribution >= 0.6 is 0 Å². The number of carboxylic acid groups (broad SMARTS) is 4. The number of nitrogens with one attached hydrogen (secondary N) is 4. The van der Waals surface area contributed by atoms with Crippen molar-refractivity contribution in [1.82, 2.24) is 18.9 Å². The van der Waals surface area contributed by atoms with Crippen molar-refractivity contribution in [2.45, 2.75) is 265 Å². The van der Waals surface area contributed by atoms with Crippen LogP contribution in [0.4, 0.5) is 0 Å². The largest absolute Gasteiger partial charge is 1.00 e. The maximum absolute atomic E-state index is 13.1. The van der Waals surface area contributed by atoms with Crippen molar-refractivity contribution in [2.24, 2.45) is 5.73 Å². The molecular formula is C53H77N5Na12O65S8. The first-order valence-corrected chi connectivity index (χ1v) is 47.2. The van der Waals surface area contributed by atoms with Crippen molar-refractivity contribution < 1.29 is 657 Å². The minimum atomic E-state index is -6.31. The molecule has 40 atom stereocenters. The Morgan fingerprint density at radius 1 is 0.252 bits per heavy atom. The Morgan fingerprint density at radius 2 is 0.455 bits per heavy atom. The summed E-state index contributed by atoms with van der Waals surface area (Å²) < 4.78 is 394. The summed E-state index contributed by atoms with van der Waals surface area (Å²) in [5, 5.41) is 199. The van der Waals surface area contributed by atoms with Gasteiger partial charge in [-0.15, -0.1) is 0 Å². The summed E-state index contributed by atoms with van der Waals surface area (Å²) in [5.41, 5.74) is 5.44. The molecule has 143 heavy (non-hydrogen) atoms. The van der Waals surface area contributed by atoms with Crippen LogP contribution in [0.3, 0.4) is 0 Å².